The van der Waals surface area contributed by atoms with Crippen LogP contribution in [0.2, 0.25) is 0 Å². The number of amides is 1. The number of benzene rings is 1. The summed E-state index contributed by atoms with van der Waals surface area (Å²) in [5.74, 6) is -0.299. The second kappa shape index (κ2) is 4.84. The Labute approximate surface area is 103 Å². The van der Waals surface area contributed by atoms with E-state index in [1.54, 1.807) is 19.1 Å². The fourth-order valence-corrected chi connectivity index (χ4v) is 1.40. The smallest absolute Gasteiger partial charge is 0.244 e. The van der Waals surface area contributed by atoms with Crippen LogP contribution in [0.15, 0.2) is 22.7 Å². The largest absolute Gasteiger partial charge is 0.506 e. The molecule has 4 N–H and O–H groups in total. The van der Waals surface area contributed by atoms with Crippen molar-refractivity contribution in [1.29, 1.82) is 0 Å². The maximum absolute atomic E-state index is 11.8. The molecule has 88 valence electrons. The molecule has 1 aromatic carbocycles. The zero-order chi connectivity index (χ0) is 12.3. The van der Waals surface area contributed by atoms with Gasteiger partial charge in [-0.15, -0.1) is 0 Å². The zero-order valence-electron chi connectivity index (χ0n) is 9.25. The molecule has 1 amide bonds. The van der Waals surface area contributed by atoms with Crippen molar-refractivity contribution in [3.63, 3.8) is 0 Å². The minimum absolute atomic E-state index is 0.0171. The first-order valence-corrected chi connectivity index (χ1v) is 5.75. The van der Waals surface area contributed by atoms with Crippen LogP contribution in [-0.2, 0) is 4.79 Å². The van der Waals surface area contributed by atoms with E-state index in [1.165, 1.54) is 6.07 Å². The summed E-state index contributed by atoms with van der Waals surface area (Å²) in [6, 6.07) is 4.81. The molecule has 0 heterocycles. The quantitative estimate of drug-likeness (QED) is 0.746. The average Bonchev–Trinajstić information content (AvgIpc) is 2.23. The highest BCUT2D eigenvalue weighted by atomic mass is 79.9. The lowest BCUT2D eigenvalue weighted by Crippen LogP contribution is -2.47. The van der Waals surface area contributed by atoms with Crippen molar-refractivity contribution < 1.29 is 9.90 Å². The number of anilines is 1. The number of hydrogen-bond acceptors (Lipinski definition) is 3. The van der Waals surface area contributed by atoms with Gasteiger partial charge in [0.2, 0.25) is 5.91 Å². The van der Waals surface area contributed by atoms with Gasteiger partial charge in [0.1, 0.15) is 5.75 Å². The summed E-state index contributed by atoms with van der Waals surface area (Å²) < 4.78 is 0.774. The first kappa shape index (κ1) is 13.0. The molecule has 0 aromatic heterocycles. The minimum Gasteiger partial charge on any atom is -0.506 e. The van der Waals surface area contributed by atoms with E-state index in [2.05, 4.69) is 21.2 Å². The van der Waals surface area contributed by atoms with Gasteiger partial charge in [0, 0.05) is 4.47 Å². The molecule has 0 radical (unpaired) electrons. The van der Waals surface area contributed by atoms with Crippen LogP contribution in [0.5, 0.6) is 5.75 Å². The first-order valence-electron chi connectivity index (χ1n) is 4.95. The van der Waals surface area contributed by atoms with Gasteiger partial charge in [0.25, 0.3) is 0 Å². The third kappa shape index (κ3) is 2.96. The van der Waals surface area contributed by atoms with Gasteiger partial charge in [-0.1, -0.05) is 22.9 Å². The Balaban J connectivity index is 2.89. The van der Waals surface area contributed by atoms with Crippen molar-refractivity contribution in [3.05, 3.63) is 22.7 Å². The molecule has 1 rings (SSSR count). The Bertz CT molecular complexity index is 405. The van der Waals surface area contributed by atoms with Crippen LogP contribution < -0.4 is 11.1 Å². The number of carbonyl (C=O) groups excluding carboxylic acids is 1. The van der Waals surface area contributed by atoms with Gasteiger partial charge in [0.15, 0.2) is 0 Å². The van der Waals surface area contributed by atoms with E-state index in [0.29, 0.717) is 12.1 Å². The van der Waals surface area contributed by atoms with Gasteiger partial charge in [-0.3, -0.25) is 4.79 Å². The van der Waals surface area contributed by atoms with E-state index in [0.717, 1.165) is 4.47 Å². The Morgan fingerprint density at radius 1 is 1.62 bits per heavy atom. The highest BCUT2D eigenvalue weighted by molar-refractivity contribution is 9.10. The summed E-state index contributed by atoms with van der Waals surface area (Å²) in [4.78, 5) is 11.8. The molecule has 0 saturated heterocycles. The molecule has 1 atom stereocenters. The summed E-state index contributed by atoms with van der Waals surface area (Å²) >= 11 is 3.26. The minimum atomic E-state index is -0.936. The maximum Gasteiger partial charge on any atom is 0.244 e. The SMILES string of the molecule is CCC(C)(N)C(=O)Nc1cc(Br)ccc1O. The zero-order valence-corrected chi connectivity index (χ0v) is 10.8. The number of phenols is 1. The lowest BCUT2D eigenvalue weighted by molar-refractivity contribution is -0.120. The second-order valence-corrected chi connectivity index (χ2v) is 4.80. The van der Waals surface area contributed by atoms with E-state index in [9.17, 15) is 9.90 Å². The van der Waals surface area contributed by atoms with Gasteiger partial charge in [-0.2, -0.15) is 0 Å². The molecular formula is C11H15BrN2O2. The monoisotopic (exact) mass is 286 g/mol. The Kier molecular flexibility index (Phi) is 3.93. The van der Waals surface area contributed by atoms with Crippen LogP contribution in [0, 0.1) is 0 Å². The van der Waals surface area contributed by atoms with E-state index >= 15 is 0 Å². The van der Waals surface area contributed by atoms with Crippen LogP contribution in [0.4, 0.5) is 5.69 Å². The van der Waals surface area contributed by atoms with Crippen LogP contribution >= 0.6 is 15.9 Å². The van der Waals surface area contributed by atoms with Crippen molar-refractivity contribution in [1.82, 2.24) is 0 Å². The Morgan fingerprint density at radius 2 is 2.25 bits per heavy atom. The summed E-state index contributed by atoms with van der Waals surface area (Å²) in [5.41, 5.74) is 5.21. The molecule has 0 saturated carbocycles. The number of rotatable bonds is 3. The third-order valence-corrected chi connectivity index (χ3v) is 2.95. The predicted molar refractivity (Wildman–Crippen MR) is 67.3 cm³/mol. The number of hydrogen-bond donors (Lipinski definition) is 3. The van der Waals surface area contributed by atoms with Crippen molar-refractivity contribution in [2.75, 3.05) is 5.32 Å². The van der Waals surface area contributed by atoms with Crippen molar-refractivity contribution in [2.45, 2.75) is 25.8 Å². The fraction of sp³-hybridized carbons (Fsp3) is 0.364. The molecule has 0 fully saturated rings. The standard InChI is InChI=1S/C11H15BrN2O2/c1-3-11(2,13)10(16)14-8-6-7(12)4-5-9(8)15/h4-6,15H,3,13H2,1-2H3,(H,14,16). The topological polar surface area (TPSA) is 75.4 Å². The molecule has 0 spiro atoms. The second-order valence-electron chi connectivity index (χ2n) is 3.89. The highest BCUT2D eigenvalue weighted by Crippen LogP contribution is 2.27. The fourth-order valence-electron chi connectivity index (χ4n) is 1.03. The van der Waals surface area contributed by atoms with E-state index in [-0.39, 0.29) is 11.7 Å². The van der Waals surface area contributed by atoms with E-state index in [1.807, 2.05) is 6.92 Å². The number of halogens is 1. The number of carbonyl (C=O) groups is 1. The summed E-state index contributed by atoms with van der Waals surface area (Å²) in [7, 11) is 0. The average molecular weight is 287 g/mol. The third-order valence-electron chi connectivity index (χ3n) is 2.46. The summed E-state index contributed by atoms with van der Waals surface area (Å²) in [5, 5.41) is 12.1. The van der Waals surface area contributed by atoms with Gasteiger partial charge >= 0.3 is 0 Å². The molecule has 4 nitrogen and oxygen atoms in total. The van der Waals surface area contributed by atoms with Crippen LogP contribution in [0.1, 0.15) is 20.3 Å². The lowest BCUT2D eigenvalue weighted by Gasteiger charge is -2.21. The molecule has 0 aliphatic rings. The number of nitrogens with one attached hydrogen (secondary N) is 1. The first-order chi connectivity index (χ1) is 7.36. The van der Waals surface area contributed by atoms with Crippen molar-refractivity contribution in [2.24, 2.45) is 5.73 Å². The Morgan fingerprint density at radius 3 is 2.81 bits per heavy atom. The number of aromatic hydroxyl groups is 1. The van der Waals surface area contributed by atoms with Crippen molar-refractivity contribution >= 4 is 27.5 Å². The normalized spacial score (nSPS) is 14.2. The van der Waals surface area contributed by atoms with Crippen LogP contribution in [-0.4, -0.2) is 16.6 Å². The molecule has 1 aromatic rings. The molecule has 0 aliphatic carbocycles. The van der Waals surface area contributed by atoms with Gasteiger partial charge in [-0.25, -0.2) is 0 Å². The van der Waals surface area contributed by atoms with Crippen molar-refractivity contribution in [3.8, 4) is 5.75 Å². The summed E-state index contributed by atoms with van der Waals surface area (Å²) in [6.07, 6.45) is 0.521. The molecule has 1 unspecified atom stereocenters. The molecular weight excluding hydrogens is 272 g/mol. The number of phenolic OH excluding ortho intramolecular Hbond substituents is 1. The molecule has 0 aliphatic heterocycles. The predicted octanol–water partition coefficient (Wildman–Crippen LogP) is 2.22. The van der Waals surface area contributed by atoms with E-state index < -0.39 is 5.54 Å². The molecule has 5 heteroatoms. The lowest BCUT2D eigenvalue weighted by atomic mass is 9.99. The van der Waals surface area contributed by atoms with Gasteiger partial charge in [0.05, 0.1) is 11.2 Å². The number of nitrogens with two attached hydrogens (primary N) is 1. The highest BCUT2D eigenvalue weighted by Gasteiger charge is 2.26. The van der Waals surface area contributed by atoms with Gasteiger partial charge < -0.3 is 16.2 Å². The molecule has 0 bridgehead atoms. The van der Waals surface area contributed by atoms with Gasteiger partial charge in [-0.05, 0) is 31.5 Å². The Hall–Kier alpha value is -1.07. The van der Waals surface area contributed by atoms with Crippen LogP contribution in [0.3, 0.4) is 0 Å². The van der Waals surface area contributed by atoms with Crippen LogP contribution in [0.25, 0.3) is 0 Å². The maximum atomic E-state index is 11.8. The summed E-state index contributed by atoms with van der Waals surface area (Å²) in [6.45, 7) is 3.48. The van der Waals surface area contributed by atoms with E-state index in [4.69, 9.17) is 5.73 Å². The molecule has 16 heavy (non-hydrogen) atoms.